The van der Waals surface area contributed by atoms with Crippen molar-refractivity contribution in [2.75, 3.05) is 0 Å². The van der Waals surface area contributed by atoms with Crippen molar-refractivity contribution in [3.05, 3.63) is 71.0 Å². The summed E-state index contributed by atoms with van der Waals surface area (Å²) < 4.78 is 18.1. The van der Waals surface area contributed by atoms with Crippen LogP contribution in [-0.2, 0) is 4.74 Å². The molecule has 2 nitrogen and oxygen atoms in total. The van der Waals surface area contributed by atoms with Crippen molar-refractivity contribution < 1.29 is 13.9 Å². The lowest BCUT2D eigenvalue weighted by Crippen LogP contribution is -2.00. The van der Waals surface area contributed by atoms with Gasteiger partial charge in [0.25, 0.3) is 0 Å². The molecule has 0 amide bonds. The summed E-state index contributed by atoms with van der Waals surface area (Å²) in [4.78, 5) is 11.6. The number of benzene rings is 2. The van der Waals surface area contributed by atoms with E-state index in [0.29, 0.717) is 5.56 Å². The SMILES string of the molecule is O=C1O[C@@H](c2ccc(F)cc2)c2ccccc21. The molecule has 84 valence electrons. The summed E-state index contributed by atoms with van der Waals surface area (Å²) in [5.41, 5.74) is 2.20. The van der Waals surface area contributed by atoms with Crippen molar-refractivity contribution in [3.8, 4) is 0 Å². The molecular weight excluding hydrogens is 219 g/mol. The van der Waals surface area contributed by atoms with Crippen LogP contribution in [0, 0.1) is 5.82 Å². The van der Waals surface area contributed by atoms with Crippen LogP contribution in [0.2, 0.25) is 0 Å². The molecule has 0 unspecified atom stereocenters. The lowest BCUT2D eigenvalue weighted by atomic mass is 9.99. The molecular formula is C14H9FO2. The molecule has 1 atom stereocenters. The fourth-order valence-electron chi connectivity index (χ4n) is 2.03. The number of ether oxygens (including phenoxy) is 1. The van der Waals surface area contributed by atoms with E-state index in [2.05, 4.69) is 0 Å². The third-order valence-corrected chi connectivity index (χ3v) is 2.86. The smallest absolute Gasteiger partial charge is 0.339 e. The van der Waals surface area contributed by atoms with E-state index in [1.807, 2.05) is 12.1 Å². The zero-order valence-electron chi connectivity index (χ0n) is 8.89. The summed E-state index contributed by atoms with van der Waals surface area (Å²) in [6.07, 6.45) is -0.417. The van der Waals surface area contributed by atoms with Gasteiger partial charge in [0, 0.05) is 5.56 Å². The van der Waals surface area contributed by atoms with E-state index in [1.165, 1.54) is 12.1 Å². The second-order valence-corrected chi connectivity index (χ2v) is 3.92. The summed E-state index contributed by atoms with van der Waals surface area (Å²) in [5, 5.41) is 0. The summed E-state index contributed by atoms with van der Waals surface area (Å²) in [5.74, 6) is -0.624. The van der Waals surface area contributed by atoms with Crippen LogP contribution in [-0.4, -0.2) is 5.97 Å². The predicted molar refractivity (Wildman–Crippen MR) is 60.1 cm³/mol. The Kier molecular flexibility index (Phi) is 2.18. The van der Waals surface area contributed by atoms with Gasteiger partial charge in [-0.2, -0.15) is 0 Å². The van der Waals surface area contributed by atoms with Gasteiger partial charge in [-0.25, -0.2) is 9.18 Å². The highest BCUT2D eigenvalue weighted by molar-refractivity contribution is 5.94. The quantitative estimate of drug-likeness (QED) is 0.701. The van der Waals surface area contributed by atoms with Gasteiger partial charge in [0.1, 0.15) is 5.82 Å². The van der Waals surface area contributed by atoms with Gasteiger partial charge in [0.15, 0.2) is 6.10 Å². The van der Waals surface area contributed by atoms with Gasteiger partial charge in [-0.15, -0.1) is 0 Å². The number of hydrogen-bond acceptors (Lipinski definition) is 2. The molecule has 0 radical (unpaired) electrons. The van der Waals surface area contributed by atoms with Gasteiger partial charge in [-0.1, -0.05) is 30.3 Å². The Balaban J connectivity index is 2.07. The topological polar surface area (TPSA) is 26.3 Å². The second-order valence-electron chi connectivity index (χ2n) is 3.92. The minimum Gasteiger partial charge on any atom is -0.449 e. The molecule has 0 spiro atoms. The first kappa shape index (κ1) is 10.0. The highest BCUT2D eigenvalue weighted by Gasteiger charge is 2.31. The van der Waals surface area contributed by atoms with Gasteiger partial charge < -0.3 is 4.74 Å². The van der Waals surface area contributed by atoms with Crippen molar-refractivity contribution in [2.45, 2.75) is 6.10 Å². The summed E-state index contributed by atoms with van der Waals surface area (Å²) in [6, 6.07) is 13.2. The minimum atomic E-state index is -0.417. The minimum absolute atomic E-state index is 0.300. The third-order valence-electron chi connectivity index (χ3n) is 2.86. The molecule has 0 N–H and O–H groups in total. The molecule has 2 aromatic rings. The molecule has 3 rings (SSSR count). The van der Waals surface area contributed by atoms with Crippen LogP contribution in [0.4, 0.5) is 4.39 Å². The van der Waals surface area contributed by atoms with Gasteiger partial charge >= 0.3 is 5.97 Å². The number of halogens is 1. The Morgan fingerprint density at radius 2 is 1.71 bits per heavy atom. The largest absolute Gasteiger partial charge is 0.449 e. The monoisotopic (exact) mass is 228 g/mol. The van der Waals surface area contributed by atoms with Crippen molar-refractivity contribution in [3.63, 3.8) is 0 Å². The first-order chi connectivity index (χ1) is 8.25. The Morgan fingerprint density at radius 1 is 1.00 bits per heavy atom. The van der Waals surface area contributed by atoms with Crippen LogP contribution in [0.25, 0.3) is 0 Å². The fourth-order valence-corrected chi connectivity index (χ4v) is 2.03. The Labute approximate surface area is 97.7 Å². The number of hydrogen-bond donors (Lipinski definition) is 0. The average molecular weight is 228 g/mol. The van der Waals surface area contributed by atoms with E-state index in [1.54, 1.807) is 24.3 Å². The normalized spacial score (nSPS) is 17.7. The number of carbonyl (C=O) groups is 1. The molecule has 0 saturated heterocycles. The molecule has 17 heavy (non-hydrogen) atoms. The highest BCUT2D eigenvalue weighted by Crippen LogP contribution is 2.35. The van der Waals surface area contributed by atoms with E-state index < -0.39 is 6.10 Å². The van der Waals surface area contributed by atoms with Crippen LogP contribution in [0.5, 0.6) is 0 Å². The Bertz CT molecular complexity index is 575. The lowest BCUT2D eigenvalue weighted by Gasteiger charge is -2.10. The van der Waals surface area contributed by atoms with E-state index in [4.69, 9.17) is 4.74 Å². The van der Waals surface area contributed by atoms with Crippen LogP contribution in [0.1, 0.15) is 27.6 Å². The molecule has 1 aliphatic heterocycles. The van der Waals surface area contributed by atoms with Crippen molar-refractivity contribution in [2.24, 2.45) is 0 Å². The molecule has 1 heterocycles. The molecule has 0 aliphatic carbocycles. The van der Waals surface area contributed by atoms with Gasteiger partial charge in [0.2, 0.25) is 0 Å². The Hall–Kier alpha value is -2.16. The van der Waals surface area contributed by atoms with E-state index >= 15 is 0 Å². The van der Waals surface area contributed by atoms with Crippen LogP contribution in [0.3, 0.4) is 0 Å². The highest BCUT2D eigenvalue weighted by atomic mass is 19.1. The lowest BCUT2D eigenvalue weighted by molar-refractivity contribution is 0.0456. The van der Waals surface area contributed by atoms with Crippen LogP contribution < -0.4 is 0 Å². The van der Waals surface area contributed by atoms with E-state index in [-0.39, 0.29) is 11.8 Å². The molecule has 1 aliphatic rings. The second kappa shape index (κ2) is 3.70. The molecule has 0 bridgehead atoms. The van der Waals surface area contributed by atoms with Gasteiger partial charge in [0.05, 0.1) is 5.56 Å². The van der Waals surface area contributed by atoms with Gasteiger partial charge in [-0.05, 0) is 23.8 Å². The number of esters is 1. The van der Waals surface area contributed by atoms with Crippen molar-refractivity contribution in [1.29, 1.82) is 0 Å². The standard InChI is InChI=1S/C14H9FO2/c15-10-7-5-9(6-8-10)13-11-3-1-2-4-12(11)14(16)17-13/h1-8,13H/t13-/m0/s1. The maximum Gasteiger partial charge on any atom is 0.339 e. The summed E-state index contributed by atoms with van der Waals surface area (Å²) in [6.45, 7) is 0. The fraction of sp³-hybridized carbons (Fsp3) is 0.0714. The van der Waals surface area contributed by atoms with Gasteiger partial charge in [-0.3, -0.25) is 0 Å². The van der Waals surface area contributed by atoms with E-state index in [0.717, 1.165) is 11.1 Å². The maximum atomic E-state index is 12.8. The van der Waals surface area contributed by atoms with Crippen molar-refractivity contribution >= 4 is 5.97 Å². The molecule has 0 aromatic heterocycles. The molecule has 0 fully saturated rings. The van der Waals surface area contributed by atoms with E-state index in [9.17, 15) is 9.18 Å². The summed E-state index contributed by atoms with van der Waals surface area (Å²) >= 11 is 0. The zero-order chi connectivity index (χ0) is 11.8. The predicted octanol–water partition coefficient (Wildman–Crippen LogP) is 3.09. The molecule has 3 heteroatoms. The van der Waals surface area contributed by atoms with Crippen molar-refractivity contribution in [1.82, 2.24) is 0 Å². The first-order valence-electron chi connectivity index (χ1n) is 5.31. The number of cyclic esters (lactones) is 1. The number of carbonyl (C=O) groups excluding carboxylic acids is 1. The molecule has 2 aromatic carbocycles. The number of fused-ring (bicyclic) bond motifs is 1. The first-order valence-corrected chi connectivity index (χ1v) is 5.31. The maximum absolute atomic E-state index is 12.8. The zero-order valence-corrected chi connectivity index (χ0v) is 8.89. The van der Waals surface area contributed by atoms with Crippen LogP contribution >= 0.6 is 0 Å². The summed E-state index contributed by atoms with van der Waals surface area (Å²) in [7, 11) is 0. The third kappa shape index (κ3) is 1.60. The van der Waals surface area contributed by atoms with Crippen LogP contribution in [0.15, 0.2) is 48.5 Å². The number of rotatable bonds is 1. The Morgan fingerprint density at radius 3 is 2.47 bits per heavy atom. The average Bonchev–Trinajstić information content (AvgIpc) is 2.69. The molecule has 0 saturated carbocycles.